The maximum atomic E-state index is 12.7. The summed E-state index contributed by atoms with van der Waals surface area (Å²) in [6.07, 6.45) is 0.765. The van der Waals surface area contributed by atoms with E-state index in [9.17, 15) is 14.4 Å². The Hall–Kier alpha value is -3.42. The number of nitrogens with zero attached hydrogens (tertiary/aromatic N) is 2. The lowest BCUT2D eigenvalue weighted by Gasteiger charge is -2.09. The van der Waals surface area contributed by atoms with E-state index in [2.05, 4.69) is 15.3 Å². The number of ketones is 1. The molecular formula is C21H24N4O4. The van der Waals surface area contributed by atoms with Crippen LogP contribution in [0.4, 0.5) is 5.95 Å². The van der Waals surface area contributed by atoms with Gasteiger partial charge >= 0.3 is 5.97 Å². The smallest absolute Gasteiger partial charge is 0.339 e. The van der Waals surface area contributed by atoms with Crippen LogP contribution in [0, 0.1) is 6.92 Å². The summed E-state index contributed by atoms with van der Waals surface area (Å²) < 4.78 is 6.78. The molecule has 0 aliphatic heterocycles. The van der Waals surface area contributed by atoms with Crippen LogP contribution in [0.2, 0.25) is 0 Å². The van der Waals surface area contributed by atoms with Crippen LogP contribution < -0.4 is 5.32 Å². The number of ether oxygens (including phenoxy) is 1. The number of hydrogen-bond donors (Lipinski definition) is 2. The Bertz CT molecular complexity index is 1090. The lowest BCUT2D eigenvalue weighted by atomic mass is 10.1. The highest BCUT2D eigenvalue weighted by Crippen LogP contribution is 2.23. The second-order valence-electron chi connectivity index (χ2n) is 6.83. The number of carbonyl (C=O) groups is 3. The van der Waals surface area contributed by atoms with E-state index in [4.69, 9.17) is 4.74 Å². The van der Waals surface area contributed by atoms with E-state index in [1.807, 2.05) is 35.8 Å². The predicted octanol–water partition coefficient (Wildman–Crippen LogP) is 3.25. The van der Waals surface area contributed by atoms with Crippen molar-refractivity contribution < 1.29 is 19.1 Å². The van der Waals surface area contributed by atoms with Crippen molar-refractivity contribution in [1.29, 1.82) is 0 Å². The van der Waals surface area contributed by atoms with Crippen LogP contribution in [0.25, 0.3) is 11.0 Å². The van der Waals surface area contributed by atoms with Gasteiger partial charge in [0, 0.05) is 19.2 Å². The third-order valence-electron chi connectivity index (χ3n) is 4.76. The first-order chi connectivity index (χ1) is 13.9. The van der Waals surface area contributed by atoms with E-state index in [0.29, 0.717) is 29.4 Å². The summed E-state index contributed by atoms with van der Waals surface area (Å²) in [5, 5.41) is 2.83. The number of fused-ring (bicyclic) bond motifs is 1. The average Bonchev–Trinajstić information content (AvgIpc) is 3.19. The van der Waals surface area contributed by atoms with Crippen molar-refractivity contribution in [3.63, 3.8) is 0 Å². The van der Waals surface area contributed by atoms with E-state index in [1.54, 1.807) is 6.92 Å². The van der Waals surface area contributed by atoms with E-state index >= 15 is 0 Å². The normalized spacial score (nSPS) is 10.9. The van der Waals surface area contributed by atoms with Crippen molar-refractivity contribution >= 4 is 34.6 Å². The Morgan fingerprint density at radius 1 is 1.24 bits per heavy atom. The Morgan fingerprint density at radius 3 is 2.62 bits per heavy atom. The van der Waals surface area contributed by atoms with Gasteiger partial charge in [0.15, 0.2) is 5.78 Å². The van der Waals surface area contributed by atoms with E-state index < -0.39 is 5.97 Å². The van der Waals surface area contributed by atoms with Gasteiger partial charge in [-0.3, -0.25) is 14.9 Å². The molecule has 2 N–H and O–H groups in total. The van der Waals surface area contributed by atoms with Gasteiger partial charge < -0.3 is 14.3 Å². The maximum Gasteiger partial charge on any atom is 0.339 e. The van der Waals surface area contributed by atoms with Crippen LogP contribution in [0.1, 0.15) is 52.4 Å². The SMILES string of the molecule is CCCn1c(NC(=O)Cc2[nH]c(C(C)=O)c(C)c2C(=O)OC)nc2ccccc21. The van der Waals surface area contributed by atoms with Crippen molar-refractivity contribution in [3.8, 4) is 0 Å². The number of para-hydroxylation sites is 2. The van der Waals surface area contributed by atoms with Crippen molar-refractivity contribution in [1.82, 2.24) is 14.5 Å². The number of methoxy groups -OCH3 is 1. The number of hydrogen-bond acceptors (Lipinski definition) is 5. The second-order valence-corrected chi connectivity index (χ2v) is 6.83. The monoisotopic (exact) mass is 396 g/mol. The number of aromatic amines is 1. The predicted molar refractivity (Wildman–Crippen MR) is 109 cm³/mol. The Balaban J connectivity index is 1.91. The molecule has 0 aliphatic rings. The minimum atomic E-state index is -0.590. The third-order valence-corrected chi connectivity index (χ3v) is 4.76. The molecule has 3 aromatic rings. The number of esters is 1. The third kappa shape index (κ3) is 3.91. The van der Waals surface area contributed by atoms with Crippen molar-refractivity contribution in [2.45, 2.75) is 40.2 Å². The molecule has 152 valence electrons. The van der Waals surface area contributed by atoms with Gasteiger partial charge in [0.05, 0.1) is 35.8 Å². The van der Waals surface area contributed by atoms with Crippen molar-refractivity contribution in [2.75, 3.05) is 12.4 Å². The molecule has 29 heavy (non-hydrogen) atoms. The van der Waals surface area contributed by atoms with Gasteiger partial charge in [-0.15, -0.1) is 0 Å². The van der Waals surface area contributed by atoms with E-state index in [1.165, 1.54) is 14.0 Å². The van der Waals surface area contributed by atoms with Gasteiger partial charge in [0.2, 0.25) is 11.9 Å². The Labute approximate surface area is 168 Å². The molecule has 1 amide bonds. The minimum absolute atomic E-state index is 0.117. The molecule has 0 saturated heterocycles. The van der Waals surface area contributed by atoms with Crippen LogP contribution in [0.15, 0.2) is 24.3 Å². The highest BCUT2D eigenvalue weighted by atomic mass is 16.5. The number of nitrogens with one attached hydrogen (secondary N) is 2. The number of imidazole rings is 1. The van der Waals surface area contributed by atoms with Crippen molar-refractivity contribution in [2.24, 2.45) is 0 Å². The van der Waals surface area contributed by atoms with Gasteiger partial charge in [-0.25, -0.2) is 9.78 Å². The molecular weight excluding hydrogens is 372 g/mol. The molecule has 1 aromatic carbocycles. The van der Waals surface area contributed by atoms with Crippen LogP contribution in [-0.4, -0.2) is 39.3 Å². The fraction of sp³-hybridized carbons (Fsp3) is 0.333. The molecule has 2 heterocycles. The van der Waals surface area contributed by atoms with Crippen molar-refractivity contribution in [3.05, 3.63) is 46.8 Å². The first-order valence-corrected chi connectivity index (χ1v) is 9.43. The minimum Gasteiger partial charge on any atom is -0.465 e. The van der Waals surface area contributed by atoms with Gasteiger partial charge in [-0.2, -0.15) is 0 Å². The summed E-state index contributed by atoms with van der Waals surface area (Å²) in [6.45, 7) is 5.81. The average molecular weight is 396 g/mol. The zero-order valence-electron chi connectivity index (χ0n) is 17.0. The molecule has 0 aliphatic carbocycles. The number of amides is 1. The molecule has 0 spiro atoms. The van der Waals surface area contributed by atoms with Crippen LogP contribution >= 0.6 is 0 Å². The molecule has 8 heteroatoms. The van der Waals surface area contributed by atoms with Crippen LogP contribution in [0.3, 0.4) is 0 Å². The molecule has 0 fully saturated rings. The van der Waals surface area contributed by atoms with E-state index in [0.717, 1.165) is 17.5 Å². The number of benzene rings is 1. The molecule has 2 aromatic heterocycles. The number of aryl methyl sites for hydroxylation is 1. The fourth-order valence-corrected chi connectivity index (χ4v) is 3.47. The Morgan fingerprint density at radius 2 is 1.97 bits per heavy atom. The molecule has 0 radical (unpaired) electrons. The van der Waals surface area contributed by atoms with Gasteiger partial charge in [0.1, 0.15) is 0 Å². The number of carbonyl (C=O) groups excluding carboxylic acids is 3. The Kier molecular flexibility index (Phi) is 5.81. The number of rotatable bonds is 7. The summed E-state index contributed by atoms with van der Waals surface area (Å²) in [5.74, 6) is -0.705. The van der Waals surface area contributed by atoms with Crippen LogP contribution in [-0.2, 0) is 22.5 Å². The maximum absolute atomic E-state index is 12.7. The summed E-state index contributed by atoms with van der Waals surface area (Å²) >= 11 is 0. The molecule has 0 unspecified atom stereocenters. The number of Topliss-reactive ketones (excluding diaryl/α,β-unsaturated/α-hetero) is 1. The fourth-order valence-electron chi connectivity index (χ4n) is 3.47. The van der Waals surface area contributed by atoms with Gasteiger partial charge in [-0.05, 0) is 31.0 Å². The molecule has 0 bridgehead atoms. The standard InChI is InChI=1S/C21H24N4O4/c1-5-10-25-16-9-7-6-8-14(16)23-21(25)24-17(27)11-15-18(20(28)29-4)12(2)19(22-15)13(3)26/h6-9,22H,5,10-11H2,1-4H3,(H,23,24,27). The number of anilines is 1. The zero-order chi connectivity index (χ0) is 21.1. The zero-order valence-corrected chi connectivity index (χ0v) is 17.0. The lowest BCUT2D eigenvalue weighted by molar-refractivity contribution is -0.115. The number of aromatic nitrogens is 3. The number of H-pyrrole nitrogens is 1. The summed E-state index contributed by atoms with van der Waals surface area (Å²) in [4.78, 5) is 44.2. The quantitative estimate of drug-likeness (QED) is 0.471. The first-order valence-electron chi connectivity index (χ1n) is 9.43. The molecule has 0 atom stereocenters. The van der Waals surface area contributed by atoms with Gasteiger partial charge in [0.25, 0.3) is 0 Å². The summed E-state index contributed by atoms with van der Waals surface area (Å²) in [6, 6.07) is 7.66. The highest BCUT2D eigenvalue weighted by molar-refractivity contribution is 6.02. The van der Waals surface area contributed by atoms with E-state index in [-0.39, 0.29) is 23.7 Å². The van der Waals surface area contributed by atoms with Gasteiger partial charge in [-0.1, -0.05) is 19.1 Å². The largest absolute Gasteiger partial charge is 0.465 e. The lowest BCUT2D eigenvalue weighted by Crippen LogP contribution is -2.19. The highest BCUT2D eigenvalue weighted by Gasteiger charge is 2.25. The molecule has 3 rings (SSSR count). The molecule has 0 saturated carbocycles. The topological polar surface area (TPSA) is 106 Å². The second kappa shape index (κ2) is 8.30. The molecule has 8 nitrogen and oxygen atoms in total. The summed E-state index contributed by atoms with van der Waals surface area (Å²) in [5.41, 5.74) is 3.07. The van der Waals surface area contributed by atoms with Crippen LogP contribution in [0.5, 0.6) is 0 Å². The first kappa shape index (κ1) is 20.3. The summed E-state index contributed by atoms with van der Waals surface area (Å²) in [7, 11) is 1.26.